The Morgan fingerprint density at radius 1 is 1.10 bits per heavy atom. The molecule has 0 radical (unpaired) electrons. The number of carbonyl (C=O) groups is 2. The van der Waals surface area contributed by atoms with Crippen molar-refractivity contribution < 1.29 is 37.3 Å². The zero-order chi connectivity index (χ0) is 22.2. The maximum Gasteiger partial charge on any atom is 0.387 e. The topological polar surface area (TPSA) is 86.3 Å². The fraction of sp³-hybridized carbons (Fsp3) is 0.333. The molecule has 0 saturated carbocycles. The molecule has 31 heavy (non-hydrogen) atoms. The second-order valence-electron chi connectivity index (χ2n) is 6.51. The minimum absolute atomic E-state index is 0.0288. The van der Waals surface area contributed by atoms with E-state index in [2.05, 4.69) is 15.0 Å². The number of halogens is 2. The summed E-state index contributed by atoms with van der Waals surface area (Å²) in [7, 11) is 1.25. The number of ether oxygens (including phenoxy) is 4. The molecule has 8 nitrogen and oxygen atoms in total. The van der Waals surface area contributed by atoms with E-state index >= 15 is 0 Å². The number of carbonyl (C=O) groups excluding carboxylic acids is 2. The molecule has 1 heterocycles. The van der Waals surface area contributed by atoms with Crippen LogP contribution in [-0.4, -0.2) is 58.5 Å². The van der Waals surface area contributed by atoms with Crippen molar-refractivity contribution in [3.63, 3.8) is 0 Å². The van der Waals surface area contributed by atoms with Crippen molar-refractivity contribution in [1.82, 2.24) is 0 Å². The summed E-state index contributed by atoms with van der Waals surface area (Å²) in [5, 5.41) is 2.64. The van der Waals surface area contributed by atoms with Crippen molar-refractivity contribution in [2.24, 2.45) is 0 Å². The molecule has 166 valence electrons. The SMILES string of the molecule is COc1cc(C(=O)OCC(=O)Nc2ccc(N3CCOCC3)cc2)ccc1OC(F)F. The van der Waals surface area contributed by atoms with Gasteiger partial charge >= 0.3 is 12.6 Å². The summed E-state index contributed by atoms with van der Waals surface area (Å²) < 4.78 is 44.3. The molecule has 0 unspecified atom stereocenters. The van der Waals surface area contributed by atoms with E-state index in [9.17, 15) is 18.4 Å². The summed E-state index contributed by atoms with van der Waals surface area (Å²) >= 11 is 0. The normalized spacial score (nSPS) is 13.6. The van der Waals surface area contributed by atoms with Crippen molar-refractivity contribution in [3.8, 4) is 11.5 Å². The second-order valence-corrected chi connectivity index (χ2v) is 6.51. The van der Waals surface area contributed by atoms with Crippen LogP contribution in [0.5, 0.6) is 11.5 Å². The molecule has 1 aliphatic rings. The summed E-state index contributed by atoms with van der Waals surface area (Å²) in [5.41, 5.74) is 1.62. The van der Waals surface area contributed by atoms with Crippen molar-refractivity contribution in [2.75, 3.05) is 50.2 Å². The Bertz CT molecular complexity index is 901. The first-order valence-electron chi connectivity index (χ1n) is 9.49. The monoisotopic (exact) mass is 436 g/mol. The Balaban J connectivity index is 1.51. The van der Waals surface area contributed by atoms with Gasteiger partial charge in [0.05, 0.1) is 25.9 Å². The molecule has 0 aromatic heterocycles. The van der Waals surface area contributed by atoms with Crippen molar-refractivity contribution >= 4 is 23.3 Å². The number of methoxy groups -OCH3 is 1. The number of rotatable bonds is 8. The van der Waals surface area contributed by atoms with Gasteiger partial charge in [-0.1, -0.05) is 0 Å². The minimum Gasteiger partial charge on any atom is -0.493 e. The molecule has 1 N–H and O–H groups in total. The largest absolute Gasteiger partial charge is 0.493 e. The van der Waals surface area contributed by atoms with Gasteiger partial charge in [0.15, 0.2) is 18.1 Å². The van der Waals surface area contributed by atoms with E-state index in [0.29, 0.717) is 18.9 Å². The fourth-order valence-corrected chi connectivity index (χ4v) is 2.98. The van der Waals surface area contributed by atoms with Gasteiger partial charge in [0.2, 0.25) is 0 Å². The lowest BCUT2D eigenvalue weighted by Crippen LogP contribution is -2.36. The van der Waals surface area contributed by atoms with E-state index in [-0.39, 0.29) is 17.1 Å². The fourth-order valence-electron chi connectivity index (χ4n) is 2.98. The van der Waals surface area contributed by atoms with E-state index in [1.807, 2.05) is 12.1 Å². The van der Waals surface area contributed by atoms with Crippen LogP contribution in [0.15, 0.2) is 42.5 Å². The van der Waals surface area contributed by atoms with Gasteiger partial charge in [0.1, 0.15) is 0 Å². The van der Waals surface area contributed by atoms with Crippen LogP contribution in [0.1, 0.15) is 10.4 Å². The van der Waals surface area contributed by atoms with Gasteiger partial charge in [-0.05, 0) is 42.5 Å². The number of anilines is 2. The lowest BCUT2D eigenvalue weighted by Gasteiger charge is -2.28. The van der Waals surface area contributed by atoms with Crippen LogP contribution < -0.4 is 19.7 Å². The quantitative estimate of drug-likeness (QED) is 0.637. The maximum atomic E-state index is 12.4. The van der Waals surface area contributed by atoms with Crippen LogP contribution >= 0.6 is 0 Å². The molecule has 1 amide bonds. The Kier molecular flexibility index (Phi) is 7.60. The van der Waals surface area contributed by atoms with Gasteiger partial charge in [-0.2, -0.15) is 8.78 Å². The maximum absolute atomic E-state index is 12.4. The van der Waals surface area contributed by atoms with Crippen molar-refractivity contribution in [3.05, 3.63) is 48.0 Å². The highest BCUT2D eigenvalue weighted by Crippen LogP contribution is 2.29. The van der Waals surface area contributed by atoms with Gasteiger partial charge < -0.3 is 29.2 Å². The molecule has 2 aromatic rings. The first-order valence-corrected chi connectivity index (χ1v) is 9.49. The van der Waals surface area contributed by atoms with Crippen LogP contribution in [0, 0.1) is 0 Å². The Morgan fingerprint density at radius 2 is 1.81 bits per heavy atom. The highest BCUT2D eigenvalue weighted by molar-refractivity contribution is 5.95. The van der Waals surface area contributed by atoms with Crippen LogP contribution in [-0.2, 0) is 14.3 Å². The number of nitrogens with one attached hydrogen (secondary N) is 1. The molecule has 0 atom stereocenters. The predicted molar refractivity (Wildman–Crippen MR) is 108 cm³/mol. The first kappa shape index (κ1) is 22.3. The van der Waals surface area contributed by atoms with Gasteiger partial charge in [-0.25, -0.2) is 4.79 Å². The molecular formula is C21H22F2N2O6. The molecule has 1 aliphatic heterocycles. The lowest BCUT2D eigenvalue weighted by atomic mass is 10.2. The van der Waals surface area contributed by atoms with E-state index in [1.54, 1.807) is 12.1 Å². The smallest absolute Gasteiger partial charge is 0.387 e. The third-order valence-corrected chi connectivity index (χ3v) is 4.48. The molecule has 2 aromatic carbocycles. The molecule has 0 bridgehead atoms. The average Bonchev–Trinajstić information content (AvgIpc) is 2.78. The highest BCUT2D eigenvalue weighted by Gasteiger charge is 2.16. The summed E-state index contributed by atoms with van der Waals surface area (Å²) in [6.45, 7) is -0.571. The Hall–Kier alpha value is -3.40. The van der Waals surface area contributed by atoms with Crippen molar-refractivity contribution in [1.29, 1.82) is 0 Å². The van der Waals surface area contributed by atoms with Crippen LogP contribution in [0.25, 0.3) is 0 Å². The number of hydrogen-bond donors (Lipinski definition) is 1. The summed E-state index contributed by atoms with van der Waals surface area (Å²) in [5.74, 6) is -1.59. The third kappa shape index (κ3) is 6.29. The van der Waals surface area contributed by atoms with E-state index in [0.717, 1.165) is 24.8 Å². The predicted octanol–water partition coefficient (Wildman–Crippen LogP) is 2.93. The number of alkyl halides is 2. The first-order chi connectivity index (χ1) is 15.0. The molecule has 3 rings (SSSR count). The summed E-state index contributed by atoms with van der Waals surface area (Å²) in [6, 6.07) is 10.9. The highest BCUT2D eigenvalue weighted by atomic mass is 19.3. The molecular weight excluding hydrogens is 414 g/mol. The summed E-state index contributed by atoms with van der Waals surface area (Å²) in [4.78, 5) is 26.4. The number of hydrogen-bond acceptors (Lipinski definition) is 7. The number of esters is 1. The molecule has 1 saturated heterocycles. The second kappa shape index (κ2) is 10.6. The van der Waals surface area contributed by atoms with Crippen LogP contribution in [0.2, 0.25) is 0 Å². The number of amides is 1. The molecule has 10 heteroatoms. The zero-order valence-corrected chi connectivity index (χ0v) is 16.8. The number of benzene rings is 2. The van der Waals surface area contributed by atoms with Gasteiger partial charge in [-0.3, -0.25) is 4.79 Å². The van der Waals surface area contributed by atoms with E-state index in [4.69, 9.17) is 14.2 Å². The zero-order valence-electron chi connectivity index (χ0n) is 16.8. The Morgan fingerprint density at radius 3 is 2.45 bits per heavy atom. The number of morpholine rings is 1. The summed E-state index contributed by atoms with van der Waals surface area (Å²) in [6.07, 6.45) is 0. The lowest BCUT2D eigenvalue weighted by molar-refractivity contribution is -0.119. The molecule has 0 aliphatic carbocycles. The van der Waals surface area contributed by atoms with E-state index < -0.39 is 25.1 Å². The standard InChI is InChI=1S/C21H22F2N2O6/c1-28-18-12-14(2-7-17(18)31-21(22)23)20(27)30-13-19(26)24-15-3-5-16(6-4-15)25-8-10-29-11-9-25/h2-7,12,21H,8-11,13H2,1H3,(H,24,26). The van der Waals surface area contributed by atoms with Gasteiger partial charge in [-0.15, -0.1) is 0 Å². The average molecular weight is 436 g/mol. The van der Waals surface area contributed by atoms with Gasteiger partial charge in [0, 0.05) is 24.5 Å². The molecule has 0 spiro atoms. The van der Waals surface area contributed by atoms with Crippen molar-refractivity contribution in [2.45, 2.75) is 6.61 Å². The molecule has 1 fully saturated rings. The Labute approximate surface area is 177 Å². The third-order valence-electron chi connectivity index (χ3n) is 4.48. The number of nitrogens with zero attached hydrogens (tertiary/aromatic N) is 1. The van der Waals surface area contributed by atoms with Gasteiger partial charge in [0.25, 0.3) is 5.91 Å². The minimum atomic E-state index is -3.03. The van der Waals surface area contributed by atoms with Crippen LogP contribution in [0.3, 0.4) is 0 Å². The van der Waals surface area contributed by atoms with Crippen LogP contribution in [0.4, 0.5) is 20.2 Å². The van der Waals surface area contributed by atoms with E-state index in [1.165, 1.54) is 19.2 Å².